The summed E-state index contributed by atoms with van der Waals surface area (Å²) in [7, 11) is -4.11. The van der Waals surface area contributed by atoms with Crippen LogP contribution in [0.25, 0.3) is 0 Å². The van der Waals surface area contributed by atoms with Gasteiger partial charge in [-0.1, -0.05) is 48.3 Å². The third-order valence-corrected chi connectivity index (χ3v) is 8.96. The molecule has 10 heteroatoms. The summed E-state index contributed by atoms with van der Waals surface area (Å²) in [6, 6.07) is 13.4. The van der Waals surface area contributed by atoms with Gasteiger partial charge in [-0.15, -0.1) is 11.3 Å². The largest absolute Gasteiger partial charge is 0.332 e. The second-order valence-corrected chi connectivity index (χ2v) is 11.6. The predicted octanol–water partition coefficient (Wildman–Crippen LogP) is 6.21. The number of sulfonamides is 1. The Balaban J connectivity index is 1.92. The summed E-state index contributed by atoms with van der Waals surface area (Å²) in [5.74, 6) is -0.743. The molecule has 0 fully saturated rings. The van der Waals surface area contributed by atoms with Crippen molar-refractivity contribution in [3.8, 4) is 0 Å². The molecular weight excluding hydrogens is 518 g/mol. The van der Waals surface area contributed by atoms with Gasteiger partial charge in [0.05, 0.1) is 18.1 Å². The van der Waals surface area contributed by atoms with Crippen molar-refractivity contribution in [3.63, 3.8) is 0 Å². The van der Waals surface area contributed by atoms with Crippen molar-refractivity contribution in [3.05, 3.63) is 86.3 Å². The van der Waals surface area contributed by atoms with E-state index in [4.69, 9.17) is 23.2 Å². The highest BCUT2D eigenvalue weighted by molar-refractivity contribution is 7.89. The lowest BCUT2D eigenvalue weighted by molar-refractivity contribution is -0.133. The topological polar surface area (TPSA) is 57.7 Å². The molecule has 0 aliphatic carbocycles. The Morgan fingerprint density at radius 2 is 1.79 bits per heavy atom. The minimum absolute atomic E-state index is 0.0342. The summed E-state index contributed by atoms with van der Waals surface area (Å²) in [5.41, 5.74) is 0.738. The Hall–Kier alpha value is -1.97. The summed E-state index contributed by atoms with van der Waals surface area (Å²) in [6.07, 6.45) is 0.494. The Kier molecular flexibility index (Phi) is 9.12. The lowest BCUT2D eigenvalue weighted by atomic mass is 10.2. The molecule has 1 atom stereocenters. The number of rotatable bonds is 10. The van der Waals surface area contributed by atoms with Gasteiger partial charge in [0.1, 0.15) is 10.7 Å². The van der Waals surface area contributed by atoms with E-state index in [0.717, 1.165) is 10.4 Å². The molecule has 0 spiro atoms. The van der Waals surface area contributed by atoms with Crippen LogP contribution in [0.5, 0.6) is 0 Å². The van der Waals surface area contributed by atoms with Gasteiger partial charge in [0.2, 0.25) is 15.9 Å². The first-order valence-corrected chi connectivity index (χ1v) is 13.7. The third-order valence-electron chi connectivity index (χ3n) is 5.42. The van der Waals surface area contributed by atoms with Gasteiger partial charge in [0, 0.05) is 22.5 Å². The maximum absolute atomic E-state index is 13.5. The van der Waals surface area contributed by atoms with Crippen molar-refractivity contribution in [2.45, 2.75) is 44.3 Å². The van der Waals surface area contributed by atoms with Crippen molar-refractivity contribution >= 4 is 50.5 Å². The molecule has 1 amide bonds. The fraction of sp³-hybridized carbons (Fsp3) is 0.292. The number of hydrogen-bond donors (Lipinski definition) is 0. The Morgan fingerprint density at radius 3 is 2.41 bits per heavy atom. The quantitative estimate of drug-likeness (QED) is 0.306. The first-order valence-electron chi connectivity index (χ1n) is 10.6. The zero-order valence-corrected chi connectivity index (χ0v) is 21.9. The molecule has 0 unspecified atom stereocenters. The van der Waals surface area contributed by atoms with Crippen molar-refractivity contribution in [2.75, 3.05) is 6.54 Å². The van der Waals surface area contributed by atoms with Gasteiger partial charge in [-0.25, -0.2) is 12.8 Å². The number of amides is 1. The van der Waals surface area contributed by atoms with Crippen molar-refractivity contribution in [2.24, 2.45) is 0 Å². The van der Waals surface area contributed by atoms with Crippen LogP contribution in [0.1, 0.15) is 30.7 Å². The molecule has 34 heavy (non-hydrogen) atoms. The van der Waals surface area contributed by atoms with E-state index in [9.17, 15) is 17.6 Å². The average molecular weight is 544 g/mol. The maximum atomic E-state index is 13.5. The van der Waals surface area contributed by atoms with Gasteiger partial charge in [-0.2, -0.15) is 4.31 Å². The van der Waals surface area contributed by atoms with Crippen molar-refractivity contribution in [1.82, 2.24) is 9.21 Å². The molecule has 5 nitrogen and oxygen atoms in total. The van der Waals surface area contributed by atoms with E-state index in [0.29, 0.717) is 13.0 Å². The predicted molar refractivity (Wildman–Crippen MR) is 135 cm³/mol. The summed E-state index contributed by atoms with van der Waals surface area (Å²) in [5, 5.41) is 2.17. The molecule has 3 rings (SSSR count). The standard InChI is InChI=1S/C24H25Cl2FN2O3S2/c1-3-17(2)29(34(31,32)23-13-19(25)8-11-22(23)26)16-24(30)28(15-21-5-4-12-33-21)14-18-6-9-20(27)10-7-18/h4-13,17H,3,14-16H2,1-2H3/t17-/m1/s1. The number of carbonyl (C=O) groups excluding carboxylic acids is 1. The molecular formula is C24H25Cl2FN2O3S2. The van der Waals surface area contributed by atoms with E-state index < -0.39 is 16.1 Å². The molecule has 1 heterocycles. The van der Waals surface area contributed by atoms with E-state index in [-0.39, 0.29) is 39.8 Å². The molecule has 0 radical (unpaired) electrons. The van der Waals surface area contributed by atoms with Gasteiger partial charge in [-0.3, -0.25) is 4.79 Å². The zero-order valence-electron chi connectivity index (χ0n) is 18.7. The van der Waals surface area contributed by atoms with Crippen LogP contribution in [-0.2, 0) is 27.9 Å². The molecule has 182 valence electrons. The highest BCUT2D eigenvalue weighted by atomic mass is 35.5. The van der Waals surface area contributed by atoms with Crippen LogP contribution < -0.4 is 0 Å². The fourth-order valence-electron chi connectivity index (χ4n) is 3.35. The molecule has 3 aromatic rings. The van der Waals surface area contributed by atoms with Crippen LogP contribution >= 0.6 is 34.5 Å². The van der Waals surface area contributed by atoms with Crippen LogP contribution in [0.2, 0.25) is 10.0 Å². The van der Waals surface area contributed by atoms with E-state index in [1.54, 1.807) is 24.0 Å². The third kappa shape index (κ3) is 6.58. The van der Waals surface area contributed by atoms with E-state index in [2.05, 4.69) is 0 Å². The normalized spacial score (nSPS) is 12.6. The first-order chi connectivity index (χ1) is 16.1. The maximum Gasteiger partial charge on any atom is 0.245 e. The highest BCUT2D eigenvalue weighted by Crippen LogP contribution is 2.29. The molecule has 1 aromatic heterocycles. The molecule has 0 bridgehead atoms. The fourth-order valence-corrected chi connectivity index (χ4v) is 6.46. The minimum Gasteiger partial charge on any atom is -0.332 e. The summed E-state index contributed by atoms with van der Waals surface area (Å²) >= 11 is 13.7. The lowest BCUT2D eigenvalue weighted by Gasteiger charge is -2.30. The number of carbonyl (C=O) groups is 1. The Morgan fingerprint density at radius 1 is 1.09 bits per heavy atom. The highest BCUT2D eigenvalue weighted by Gasteiger charge is 2.33. The molecule has 0 saturated heterocycles. The van der Waals surface area contributed by atoms with Gasteiger partial charge in [0.15, 0.2) is 0 Å². The van der Waals surface area contributed by atoms with Gasteiger partial charge < -0.3 is 4.90 Å². The minimum atomic E-state index is -4.11. The SMILES string of the molecule is CC[C@@H](C)N(CC(=O)N(Cc1ccc(F)cc1)Cc1cccs1)S(=O)(=O)c1cc(Cl)ccc1Cl. The number of thiophene rings is 1. The van der Waals surface area contributed by atoms with Crippen molar-refractivity contribution in [1.29, 1.82) is 0 Å². The average Bonchev–Trinajstić information content (AvgIpc) is 3.32. The van der Waals surface area contributed by atoms with Crippen LogP contribution in [0.3, 0.4) is 0 Å². The van der Waals surface area contributed by atoms with E-state index in [1.165, 1.54) is 46.0 Å². The van der Waals surface area contributed by atoms with Crippen LogP contribution in [0.4, 0.5) is 4.39 Å². The molecule has 0 aliphatic rings. The molecule has 0 saturated carbocycles. The number of hydrogen-bond acceptors (Lipinski definition) is 4. The molecule has 2 aromatic carbocycles. The molecule has 0 N–H and O–H groups in total. The summed E-state index contributed by atoms with van der Waals surface area (Å²) < 4.78 is 41.6. The Labute approximate surface area is 213 Å². The van der Waals surface area contributed by atoms with Gasteiger partial charge >= 0.3 is 0 Å². The monoisotopic (exact) mass is 542 g/mol. The Bertz CT molecular complexity index is 1220. The van der Waals surface area contributed by atoms with Gasteiger partial charge in [-0.05, 0) is 60.7 Å². The van der Waals surface area contributed by atoms with Crippen LogP contribution in [-0.4, -0.2) is 36.1 Å². The zero-order chi connectivity index (χ0) is 24.9. The van der Waals surface area contributed by atoms with E-state index in [1.807, 2.05) is 24.4 Å². The first kappa shape index (κ1) is 26.6. The number of nitrogens with zero attached hydrogens (tertiary/aromatic N) is 2. The van der Waals surface area contributed by atoms with Crippen LogP contribution in [0, 0.1) is 5.82 Å². The lowest BCUT2D eigenvalue weighted by Crippen LogP contribution is -2.46. The molecule has 0 aliphatic heterocycles. The van der Waals surface area contributed by atoms with Crippen LogP contribution in [0.15, 0.2) is 64.9 Å². The summed E-state index contributed by atoms with van der Waals surface area (Å²) in [6.45, 7) is 3.74. The van der Waals surface area contributed by atoms with Crippen molar-refractivity contribution < 1.29 is 17.6 Å². The number of halogens is 3. The number of benzene rings is 2. The van der Waals surface area contributed by atoms with Gasteiger partial charge in [0.25, 0.3) is 0 Å². The second kappa shape index (κ2) is 11.6. The summed E-state index contributed by atoms with van der Waals surface area (Å²) in [4.78, 5) is 15.9. The van der Waals surface area contributed by atoms with E-state index >= 15 is 0 Å². The smallest absolute Gasteiger partial charge is 0.245 e. The second-order valence-electron chi connectivity index (χ2n) is 7.84.